The fraction of sp³-hybridized carbons (Fsp3) is 0.750. The lowest BCUT2D eigenvalue weighted by Gasteiger charge is -2.50. The molecule has 2 aliphatic rings. The van der Waals surface area contributed by atoms with E-state index in [4.69, 9.17) is 4.74 Å². The fourth-order valence-corrected chi connectivity index (χ4v) is 4.46. The van der Waals surface area contributed by atoms with Crippen molar-refractivity contribution in [3.8, 4) is 0 Å². The number of hydrogen-bond acceptors (Lipinski definition) is 7. The minimum absolute atomic E-state index is 0.267. The number of ether oxygens (including phenoxy) is 1. The Bertz CT molecular complexity index is 660. The smallest absolute Gasteiger partial charge is 0.358 e. The summed E-state index contributed by atoms with van der Waals surface area (Å²) in [6, 6.07) is 1.57. The van der Waals surface area contributed by atoms with Crippen molar-refractivity contribution in [3.05, 3.63) is 17.6 Å². The Morgan fingerprint density at radius 2 is 2.00 bits per heavy atom. The van der Waals surface area contributed by atoms with Gasteiger partial charge in [-0.15, -0.1) is 0 Å². The van der Waals surface area contributed by atoms with Gasteiger partial charge in [0.15, 0.2) is 5.69 Å². The molecule has 0 radical (unpaired) electrons. The van der Waals surface area contributed by atoms with Gasteiger partial charge in [-0.1, -0.05) is 6.92 Å². The van der Waals surface area contributed by atoms with Crippen LogP contribution in [0.4, 0.5) is 5.82 Å². The van der Waals surface area contributed by atoms with Crippen molar-refractivity contribution in [1.82, 2.24) is 19.8 Å². The number of piperazine rings is 1. The molecule has 0 saturated carbocycles. The molecule has 3 heterocycles. The van der Waals surface area contributed by atoms with Crippen LogP contribution in [0.25, 0.3) is 0 Å². The van der Waals surface area contributed by atoms with Crippen LogP contribution in [0.2, 0.25) is 0 Å². The van der Waals surface area contributed by atoms with Crippen LogP contribution in [0, 0.1) is 6.92 Å². The van der Waals surface area contributed by atoms with Crippen LogP contribution < -0.4 is 4.90 Å². The number of piperidine rings is 1. The van der Waals surface area contributed by atoms with E-state index in [0.29, 0.717) is 18.1 Å². The van der Waals surface area contributed by atoms with Gasteiger partial charge in [-0.05, 0) is 53.2 Å². The van der Waals surface area contributed by atoms with E-state index in [1.807, 2.05) is 6.92 Å². The molecule has 0 aromatic carbocycles. The average Bonchev–Trinajstić information content (AvgIpc) is 2.68. The highest BCUT2D eigenvalue weighted by Crippen LogP contribution is 2.29. The van der Waals surface area contributed by atoms with Crippen LogP contribution in [0.5, 0.6) is 0 Å². The third kappa shape index (κ3) is 4.24. The zero-order valence-corrected chi connectivity index (χ0v) is 17.3. The first-order valence-corrected chi connectivity index (χ1v) is 10.1. The molecule has 0 bridgehead atoms. The highest BCUT2D eigenvalue weighted by molar-refractivity contribution is 5.87. The molecule has 0 unspecified atom stereocenters. The number of esters is 1. The van der Waals surface area contributed by atoms with Crippen molar-refractivity contribution in [2.75, 3.05) is 45.2 Å². The number of aromatic nitrogens is 2. The third-order valence-corrected chi connectivity index (χ3v) is 6.10. The maximum atomic E-state index is 11.7. The van der Waals surface area contributed by atoms with Gasteiger partial charge in [0.2, 0.25) is 0 Å². The van der Waals surface area contributed by atoms with E-state index in [1.54, 1.807) is 0 Å². The number of methoxy groups -OCH3 is 1. The quantitative estimate of drug-likeness (QED) is 0.746. The molecule has 2 aliphatic heterocycles. The Labute approximate surface area is 162 Å². The van der Waals surface area contributed by atoms with Gasteiger partial charge >= 0.3 is 5.97 Å². The van der Waals surface area contributed by atoms with Gasteiger partial charge in [0.1, 0.15) is 5.82 Å². The summed E-state index contributed by atoms with van der Waals surface area (Å²) in [6.07, 6.45) is 5.17. The second-order valence-electron chi connectivity index (χ2n) is 7.95. The maximum absolute atomic E-state index is 11.7. The number of carbonyl (C=O) groups is 1. The maximum Gasteiger partial charge on any atom is 0.358 e. The van der Waals surface area contributed by atoms with Crippen molar-refractivity contribution in [2.24, 2.45) is 0 Å². The van der Waals surface area contributed by atoms with Gasteiger partial charge in [0.05, 0.1) is 19.0 Å². The highest BCUT2D eigenvalue weighted by atomic mass is 16.5. The van der Waals surface area contributed by atoms with Crippen molar-refractivity contribution >= 4 is 11.8 Å². The van der Waals surface area contributed by atoms with Gasteiger partial charge in [-0.3, -0.25) is 4.90 Å². The minimum atomic E-state index is -0.441. The van der Waals surface area contributed by atoms with Crippen LogP contribution in [0.1, 0.15) is 49.3 Å². The molecule has 1 aromatic heterocycles. The fourth-order valence-electron chi connectivity index (χ4n) is 4.46. The number of nitrogens with zero attached hydrogens (tertiary/aromatic N) is 5. The van der Waals surface area contributed by atoms with Crippen LogP contribution in [-0.2, 0) is 4.74 Å². The summed E-state index contributed by atoms with van der Waals surface area (Å²) in [5.41, 5.74) is 1.05. The molecular weight excluding hydrogens is 342 g/mol. The molecule has 0 N–H and O–H groups in total. The molecular formula is C20H33N5O2. The Kier molecular flexibility index (Phi) is 6.32. The molecule has 0 aliphatic carbocycles. The zero-order valence-electron chi connectivity index (χ0n) is 17.3. The van der Waals surface area contributed by atoms with Crippen molar-refractivity contribution in [3.63, 3.8) is 0 Å². The van der Waals surface area contributed by atoms with Gasteiger partial charge in [-0.2, -0.15) is 0 Å². The minimum Gasteiger partial charge on any atom is -0.464 e. The van der Waals surface area contributed by atoms with E-state index in [-0.39, 0.29) is 5.69 Å². The largest absolute Gasteiger partial charge is 0.464 e. The third-order valence-electron chi connectivity index (χ3n) is 6.10. The molecule has 1 aromatic rings. The number of hydrogen-bond donors (Lipinski definition) is 0. The van der Waals surface area contributed by atoms with Gasteiger partial charge < -0.3 is 14.5 Å². The molecule has 27 heavy (non-hydrogen) atoms. The summed E-state index contributed by atoms with van der Waals surface area (Å²) < 4.78 is 4.76. The van der Waals surface area contributed by atoms with Crippen molar-refractivity contribution in [2.45, 2.75) is 58.2 Å². The van der Waals surface area contributed by atoms with Crippen LogP contribution in [0.3, 0.4) is 0 Å². The summed E-state index contributed by atoms with van der Waals surface area (Å²) in [5.74, 6) is 0.445. The van der Waals surface area contributed by atoms with E-state index in [9.17, 15) is 4.79 Å². The molecule has 2 fully saturated rings. The first kappa shape index (κ1) is 20.0. The average molecular weight is 376 g/mol. The highest BCUT2D eigenvalue weighted by Gasteiger charge is 2.36. The second-order valence-corrected chi connectivity index (χ2v) is 7.95. The number of rotatable bonds is 4. The van der Waals surface area contributed by atoms with Crippen molar-refractivity contribution < 1.29 is 9.53 Å². The first-order valence-electron chi connectivity index (χ1n) is 10.1. The Hall–Kier alpha value is -1.73. The van der Waals surface area contributed by atoms with Gasteiger partial charge in [0, 0.05) is 31.2 Å². The lowest BCUT2D eigenvalue weighted by Crippen LogP contribution is -2.61. The lowest BCUT2D eigenvalue weighted by atomic mass is 9.96. The van der Waals surface area contributed by atoms with E-state index in [1.165, 1.54) is 39.2 Å². The van der Waals surface area contributed by atoms with Crippen LogP contribution >= 0.6 is 0 Å². The molecule has 7 nitrogen and oxygen atoms in total. The number of carbonyl (C=O) groups excluding carboxylic acids is 1. The standard InChI is InChI=1S/C20H33N5O2/c1-6-16-13-24(19-15(3)22-18(11-21-19)20(26)27-5)14(2)12-25(16)17-7-9-23(4)10-8-17/h11,14,16-17H,6-10,12-13H2,1-5H3/t14-,16+/m1/s1. The first-order chi connectivity index (χ1) is 12.9. The lowest BCUT2D eigenvalue weighted by molar-refractivity contribution is 0.0580. The Morgan fingerprint density at radius 3 is 2.59 bits per heavy atom. The molecule has 150 valence electrons. The van der Waals surface area contributed by atoms with E-state index in [0.717, 1.165) is 31.0 Å². The summed E-state index contributed by atoms with van der Waals surface area (Å²) in [5, 5.41) is 0. The predicted molar refractivity (Wildman–Crippen MR) is 106 cm³/mol. The van der Waals surface area contributed by atoms with E-state index in [2.05, 4.69) is 45.6 Å². The SMILES string of the molecule is CC[C@H]1CN(c2ncc(C(=O)OC)nc2C)[C@H](C)CN1C1CCN(C)CC1. The summed E-state index contributed by atoms with van der Waals surface area (Å²) in [4.78, 5) is 28.2. The van der Waals surface area contributed by atoms with E-state index >= 15 is 0 Å². The molecule has 0 amide bonds. The number of likely N-dealkylation sites (tertiary alicyclic amines) is 1. The monoisotopic (exact) mass is 375 g/mol. The molecule has 0 spiro atoms. The number of aryl methyl sites for hydroxylation is 1. The normalized spacial score (nSPS) is 25.6. The van der Waals surface area contributed by atoms with Gasteiger partial charge in [0.25, 0.3) is 0 Å². The zero-order chi connectivity index (χ0) is 19.6. The summed E-state index contributed by atoms with van der Waals surface area (Å²) in [6.45, 7) is 10.9. The molecule has 2 saturated heterocycles. The van der Waals surface area contributed by atoms with Crippen LogP contribution in [-0.4, -0.2) is 84.2 Å². The molecule has 2 atom stereocenters. The summed E-state index contributed by atoms with van der Waals surface area (Å²) in [7, 11) is 3.58. The topological polar surface area (TPSA) is 61.8 Å². The van der Waals surface area contributed by atoms with Gasteiger partial charge in [-0.25, -0.2) is 14.8 Å². The van der Waals surface area contributed by atoms with Crippen molar-refractivity contribution in [1.29, 1.82) is 0 Å². The second kappa shape index (κ2) is 8.52. The Morgan fingerprint density at radius 1 is 1.30 bits per heavy atom. The van der Waals surface area contributed by atoms with Crippen LogP contribution in [0.15, 0.2) is 6.20 Å². The predicted octanol–water partition coefficient (Wildman–Crippen LogP) is 1.95. The molecule has 3 rings (SSSR count). The summed E-state index contributed by atoms with van der Waals surface area (Å²) >= 11 is 0. The number of anilines is 1. The molecule has 7 heteroatoms. The van der Waals surface area contributed by atoms with E-state index < -0.39 is 5.97 Å². The Balaban J connectivity index is 1.76.